The van der Waals surface area contributed by atoms with Crippen LogP contribution in [0.25, 0.3) is 32.7 Å². The zero-order valence-electron chi connectivity index (χ0n) is 13.9. The number of phenols is 1. The van der Waals surface area contributed by atoms with Crippen LogP contribution in [-0.4, -0.2) is 29.1 Å². The summed E-state index contributed by atoms with van der Waals surface area (Å²) in [5.41, 5.74) is 1.70. The Balaban J connectivity index is 1.96. The number of rotatable bonds is 2. The fourth-order valence-electron chi connectivity index (χ4n) is 3.57. The summed E-state index contributed by atoms with van der Waals surface area (Å²) >= 11 is 0. The van der Waals surface area contributed by atoms with Crippen molar-refractivity contribution in [2.45, 2.75) is 0 Å². The van der Waals surface area contributed by atoms with Gasteiger partial charge in [0.2, 0.25) is 6.79 Å². The summed E-state index contributed by atoms with van der Waals surface area (Å²) in [5, 5.41) is 23.5. The lowest BCUT2D eigenvalue weighted by Gasteiger charge is -2.13. The van der Waals surface area contributed by atoms with Gasteiger partial charge in [-0.25, -0.2) is 0 Å². The highest BCUT2D eigenvalue weighted by Gasteiger charge is 2.23. The summed E-state index contributed by atoms with van der Waals surface area (Å²) < 4.78 is 16.5. The Kier molecular flexibility index (Phi) is 2.97. The van der Waals surface area contributed by atoms with E-state index in [-0.39, 0.29) is 18.4 Å². The Morgan fingerprint density at radius 3 is 2.77 bits per heavy atom. The third-order valence-electron chi connectivity index (χ3n) is 4.76. The third-order valence-corrected chi connectivity index (χ3v) is 4.76. The van der Waals surface area contributed by atoms with Crippen molar-refractivity contribution in [2.75, 3.05) is 13.9 Å². The van der Waals surface area contributed by atoms with Gasteiger partial charge in [-0.2, -0.15) is 0 Å². The number of hydrogen-bond donors (Lipinski definition) is 3. The van der Waals surface area contributed by atoms with E-state index in [0.29, 0.717) is 22.6 Å². The van der Waals surface area contributed by atoms with Crippen LogP contribution >= 0.6 is 0 Å². The lowest BCUT2D eigenvalue weighted by Crippen LogP contribution is -1.93. The second kappa shape index (κ2) is 5.23. The lowest BCUT2D eigenvalue weighted by atomic mass is 9.93. The molecule has 3 aromatic carbocycles. The molecule has 0 saturated carbocycles. The summed E-state index contributed by atoms with van der Waals surface area (Å²) in [7, 11) is 1.51. The number of ether oxygens (including phenoxy) is 3. The molecule has 4 aromatic rings. The molecule has 1 aliphatic rings. The number of phenolic OH excluding ortho intramolecular Hbond substituents is 1. The zero-order valence-corrected chi connectivity index (χ0v) is 13.9. The molecule has 0 spiro atoms. The van der Waals surface area contributed by atoms with E-state index in [1.165, 1.54) is 7.11 Å². The van der Waals surface area contributed by atoms with Crippen molar-refractivity contribution in [1.82, 2.24) is 4.98 Å². The molecule has 0 unspecified atom stereocenters. The third kappa shape index (κ3) is 1.92. The Bertz CT molecular complexity index is 1180. The molecule has 1 aromatic heterocycles. The summed E-state index contributed by atoms with van der Waals surface area (Å²) in [5.74, 6) is 1.90. The number of aromatic hydroxyl groups is 2. The summed E-state index contributed by atoms with van der Waals surface area (Å²) in [6, 6.07) is 10.9. The first-order valence-corrected chi connectivity index (χ1v) is 8.10. The second-order valence-electron chi connectivity index (χ2n) is 6.13. The van der Waals surface area contributed by atoms with E-state index >= 15 is 0 Å². The van der Waals surface area contributed by atoms with Crippen LogP contribution in [0.2, 0.25) is 0 Å². The van der Waals surface area contributed by atoms with Gasteiger partial charge in [0.1, 0.15) is 0 Å². The van der Waals surface area contributed by atoms with Crippen LogP contribution in [0.3, 0.4) is 0 Å². The highest BCUT2D eigenvalue weighted by Crippen LogP contribution is 2.48. The smallest absolute Gasteiger partial charge is 0.231 e. The van der Waals surface area contributed by atoms with Gasteiger partial charge in [0, 0.05) is 27.9 Å². The van der Waals surface area contributed by atoms with E-state index in [1.54, 1.807) is 18.3 Å². The average Bonchev–Trinajstić information content (AvgIpc) is 3.27. The van der Waals surface area contributed by atoms with Crippen LogP contribution in [0.15, 0.2) is 42.6 Å². The molecular formula is C20H15NO5. The van der Waals surface area contributed by atoms with Crippen LogP contribution in [0, 0.1) is 0 Å². The molecule has 3 N–H and O–H groups in total. The topological polar surface area (TPSA) is 83.9 Å². The van der Waals surface area contributed by atoms with E-state index in [2.05, 4.69) is 4.98 Å². The molecule has 1 aliphatic heterocycles. The summed E-state index contributed by atoms with van der Waals surface area (Å²) in [6.07, 6.45) is 1.76. The Morgan fingerprint density at radius 1 is 1.04 bits per heavy atom. The molecule has 0 aliphatic carbocycles. The van der Waals surface area contributed by atoms with Crippen molar-refractivity contribution in [2.24, 2.45) is 0 Å². The first-order valence-electron chi connectivity index (χ1n) is 8.10. The van der Waals surface area contributed by atoms with Crippen LogP contribution in [0.4, 0.5) is 0 Å². The van der Waals surface area contributed by atoms with Crippen molar-refractivity contribution in [3.63, 3.8) is 0 Å². The first kappa shape index (κ1) is 14.8. The van der Waals surface area contributed by atoms with E-state index < -0.39 is 0 Å². The van der Waals surface area contributed by atoms with Crippen molar-refractivity contribution >= 4 is 21.5 Å². The quantitative estimate of drug-likeness (QED) is 0.507. The number of H-pyrrole nitrogens is 1. The van der Waals surface area contributed by atoms with Gasteiger partial charge in [-0.3, -0.25) is 0 Å². The molecule has 0 radical (unpaired) electrons. The molecule has 0 atom stereocenters. The fourth-order valence-corrected chi connectivity index (χ4v) is 3.57. The molecule has 0 amide bonds. The normalized spacial score (nSPS) is 12.8. The maximum absolute atomic E-state index is 10.2. The van der Waals surface area contributed by atoms with Crippen LogP contribution in [-0.2, 0) is 0 Å². The standard InChI is InChI=1S/C20H15NO5/c1-24-16-7-11(2-4-14(16)22)17-13-8-21-20(23)12(13)6-10-3-5-15-19(18(10)17)26-9-25-15/h2-8,21-23H,9H2,1H3. The number of aromatic nitrogens is 1. The summed E-state index contributed by atoms with van der Waals surface area (Å²) in [6.45, 7) is 0.170. The monoisotopic (exact) mass is 349 g/mol. The molecule has 5 rings (SSSR count). The first-order chi connectivity index (χ1) is 12.7. The minimum atomic E-state index is 0.0643. The van der Waals surface area contributed by atoms with Gasteiger partial charge in [-0.15, -0.1) is 0 Å². The predicted molar refractivity (Wildman–Crippen MR) is 97.2 cm³/mol. The molecule has 0 fully saturated rings. The molecule has 0 saturated heterocycles. The van der Waals surface area contributed by atoms with E-state index in [4.69, 9.17) is 14.2 Å². The number of methoxy groups -OCH3 is 1. The van der Waals surface area contributed by atoms with E-state index in [1.807, 2.05) is 24.3 Å². The molecule has 6 nitrogen and oxygen atoms in total. The number of fused-ring (bicyclic) bond motifs is 4. The number of aromatic amines is 1. The average molecular weight is 349 g/mol. The molecule has 130 valence electrons. The van der Waals surface area contributed by atoms with Gasteiger partial charge in [-0.05, 0) is 35.2 Å². The van der Waals surface area contributed by atoms with Gasteiger partial charge in [-0.1, -0.05) is 12.1 Å². The molecular weight excluding hydrogens is 334 g/mol. The van der Waals surface area contributed by atoms with Crippen molar-refractivity contribution in [1.29, 1.82) is 0 Å². The van der Waals surface area contributed by atoms with Crippen molar-refractivity contribution in [3.8, 4) is 40.0 Å². The van der Waals surface area contributed by atoms with Crippen LogP contribution in [0.1, 0.15) is 0 Å². The molecule has 6 heteroatoms. The molecule has 0 bridgehead atoms. The fraction of sp³-hybridized carbons (Fsp3) is 0.100. The minimum absolute atomic E-state index is 0.0643. The maximum atomic E-state index is 10.2. The van der Waals surface area contributed by atoms with E-state index in [0.717, 1.165) is 27.3 Å². The number of benzene rings is 3. The Labute approximate surface area is 148 Å². The number of nitrogens with one attached hydrogen (secondary N) is 1. The Hall–Kier alpha value is -3.54. The van der Waals surface area contributed by atoms with Gasteiger partial charge in [0.25, 0.3) is 0 Å². The number of hydrogen-bond acceptors (Lipinski definition) is 5. The lowest BCUT2D eigenvalue weighted by molar-refractivity contribution is 0.175. The predicted octanol–water partition coefficient (Wildman–Crippen LogP) is 4.14. The molecule has 26 heavy (non-hydrogen) atoms. The van der Waals surface area contributed by atoms with Gasteiger partial charge in [0.05, 0.1) is 7.11 Å². The highest BCUT2D eigenvalue weighted by atomic mass is 16.7. The van der Waals surface area contributed by atoms with Crippen molar-refractivity contribution < 1.29 is 24.4 Å². The van der Waals surface area contributed by atoms with Gasteiger partial charge >= 0.3 is 0 Å². The largest absolute Gasteiger partial charge is 0.504 e. The van der Waals surface area contributed by atoms with Crippen molar-refractivity contribution in [3.05, 3.63) is 42.6 Å². The Morgan fingerprint density at radius 2 is 1.92 bits per heavy atom. The SMILES string of the molecule is COc1cc(-c2c3c[nH]c(O)c3cc3ccc4c(c23)OCO4)ccc1O. The van der Waals surface area contributed by atoms with Gasteiger partial charge < -0.3 is 29.4 Å². The summed E-state index contributed by atoms with van der Waals surface area (Å²) in [4.78, 5) is 2.87. The minimum Gasteiger partial charge on any atom is -0.504 e. The van der Waals surface area contributed by atoms with Crippen LogP contribution < -0.4 is 14.2 Å². The highest BCUT2D eigenvalue weighted by molar-refractivity contribution is 6.16. The molecule has 2 heterocycles. The zero-order chi connectivity index (χ0) is 17.8. The van der Waals surface area contributed by atoms with Crippen LogP contribution in [0.5, 0.6) is 28.9 Å². The van der Waals surface area contributed by atoms with E-state index in [9.17, 15) is 10.2 Å². The maximum Gasteiger partial charge on any atom is 0.231 e. The second-order valence-corrected chi connectivity index (χ2v) is 6.13. The van der Waals surface area contributed by atoms with Gasteiger partial charge in [0.15, 0.2) is 28.9 Å².